The van der Waals surface area contributed by atoms with E-state index in [9.17, 15) is 18.4 Å². The monoisotopic (exact) mass is 548 g/mol. The molecule has 2 saturated heterocycles. The molecule has 3 heterocycles. The third kappa shape index (κ3) is 5.36. The summed E-state index contributed by atoms with van der Waals surface area (Å²) in [4.78, 5) is 35.0. The van der Waals surface area contributed by atoms with Crippen LogP contribution in [0, 0.1) is 18.3 Å². The van der Waals surface area contributed by atoms with Gasteiger partial charge in [-0.25, -0.2) is 14.8 Å². The zero-order chi connectivity index (χ0) is 28.4. The van der Waals surface area contributed by atoms with Crippen LogP contribution in [0.5, 0.6) is 5.75 Å². The Bertz CT molecular complexity index is 1610. The van der Waals surface area contributed by atoms with E-state index >= 15 is 0 Å². The molecule has 2 N–H and O–H groups in total. The summed E-state index contributed by atoms with van der Waals surface area (Å²) in [5, 5.41) is 9.33. The molecule has 2 fully saturated rings. The summed E-state index contributed by atoms with van der Waals surface area (Å²) in [7, 11) is 0. The molecule has 40 heavy (non-hydrogen) atoms. The zero-order valence-electron chi connectivity index (χ0n) is 21.6. The number of aromatic nitrogens is 2. The Morgan fingerprint density at radius 3 is 2.80 bits per heavy atom. The average Bonchev–Trinajstić information content (AvgIpc) is 3.31. The smallest absolute Gasteiger partial charge is 0.410 e. The molecule has 12 heteroatoms. The van der Waals surface area contributed by atoms with Crippen LogP contribution in [0.25, 0.3) is 16.5 Å². The molecule has 0 unspecified atom stereocenters. The van der Waals surface area contributed by atoms with Crippen LogP contribution in [0.2, 0.25) is 0 Å². The van der Waals surface area contributed by atoms with Crippen molar-refractivity contribution >= 4 is 28.8 Å². The number of aryl methyl sites for hydroxylation is 1. The summed E-state index contributed by atoms with van der Waals surface area (Å²) in [6.07, 6.45) is 2.46. The first-order chi connectivity index (χ1) is 19.3. The molecule has 2 aliphatic heterocycles. The SMILES string of the molecule is Cc1nc2cc(C(=C/N)/C=N/C(F)F)c(O[C@H]3CCN4C(=O)OC[C@@H]4C3)cc2c(=O)n1Cc1ccc(C#N)cc1. The Morgan fingerprint density at radius 1 is 1.32 bits per heavy atom. The van der Waals surface area contributed by atoms with Crippen LogP contribution in [-0.2, 0) is 11.3 Å². The predicted molar refractivity (Wildman–Crippen MR) is 143 cm³/mol. The Labute approximate surface area is 227 Å². The molecular weight excluding hydrogens is 522 g/mol. The molecule has 5 rings (SSSR count). The number of piperidine rings is 1. The summed E-state index contributed by atoms with van der Waals surface area (Å²) in [6.45, 7) is -0.284. The first kappa shape index (κ1) is 26.8. The molecular formula is C28H26F2N6O4. The van der Waals surface area contributed by atoms with Gasteiger partial charge in [-0.1, -0.05) is 12.1 Å². The molecule has 1 aromatic heterocycles. The highest BCUT2D eigenvalue weighted by Crippen LogP contribution is 2.33. The van der Waals surface area contributed by atoms with E-state index in [1.807, 2.05) is 0 Å². The van der Waals surface area contributed by atoms with E-state index in [0.717, 1.165) is 18.0 Å². The number of fused-ring (bicyclic) bond motifs is 2. The summed E-state index contributed by atoms with van der Waals surface area (Å²) < 4.78 is 38.8. The molecule has 0 saturated carbocycles. The van der Waals surface area contributed by atoms with Crippen molar-refractivity contribution in [3.05, 3.63) is 75.5 Å². The minimum atomic E-state index is -2.93. The second-order valence-electron chi connectivity index (χ2n) is 9.59. The number of benzene rings is 2. The highest BCUT2D eigenvalue weighted by molar-refractivity contribution is 6.11. The standard InChI is InChI=1S/C28H26F2N6O4/c1-16-34-24-9-22(19(12-32)13-33-27(29)30)25(40-21-6-7-35-20(8-21)15-39-28(35)38)10-23(24)26(37)36(16)14-18-4-2-17(11-31)3-5-18/h2-5,9-10,12-13,20-21,27H,6-8,14-15,32H2,1H3/b19-12+,33-13+/t20-,21-/m0/s1. The number of alkyl halides is 2. The second kappa shape index (κ2) is 11.1. The molecule has 0 bridgehead atoms. The molecule has 2 aliphatic rings. The average molecular weight is 549 g/mol. The number of hydrogen-bond acceptors (Lipinski definition) is 8. The van der Waals surface area contributed by atoms with Crippen LogP contribution < -0.4 is 16.0 Å². The number of allylic oxidation sites excluding steroid dienone is 1. The van der Waals surface area contributed by atoms with Gasteiger partial charge < -0.3 is 20.1 Å². The third-order valence-corrected chi connectivity index (χ3v) is 7.08. The number of ether oxygens (including phenoxy) is 2. The molecule has 0 aliphatic carbocycles. The van der Waals surface area contributed by atoms with Gasteiger partial charge in [0.2, 0.25) is 0 Å². The normalized spacial score (nSPS) is 19.2. The number of cyclic esters (lactones) is 1. The van der Waals surface area contributed by atoms with E-state index in [-0.39, 0.29) is 53.7 Å². The molecule has 206 valence electrons. The Hall–Kier alpha value is -4.79. The molecule has 0 spiro atoms. The molecule has 1 amide bonds. The van der Waals surface area contributed by atoms with E-state index in [1.54, 1.807) is 48.2 Å². The maximum absolute atomic E-state index is 13.7. The zero-order valence-corrected chi connectivity index (χ0v) is 21.6. The van der Waals surface area contributed by atoms with Gasteiger partial charge in [0.05, 0.1) is 35.1 Å². The maximum atomic E-state index is 13.7. The number of carbonyl (C=O) groups excluding carboxylic acids is 1. The van der Waals surface area contributed by atoms with Crippen molar-refractivity contribution in [3.8, 4) is 11.8 Å². The molecule has 0 radical (unpaired) electrons. The fraction of sp³-hybridized carbons (Fsp3) is 0.321. The molecule has 2 aromatic carbocycles. The molecule has 10 nitrogen and oxygen atoms in total. The van der Waals surface area contributed by atoms with Gasteiger partial charge in [0.1, 0.15) is 24.3 Å². The Morgan fingerprint density at radius 2 is 2.10 bits per heavy atom. The lowest BCUT2D eigenvalue weighted by molar-refractivity contribution is 0.0935. The van der Waals surface area contributed by atoms with E-state index in [0.29, 0.717) is 41.9 Å². The highest BCUT2D eigenvalue weighted by atomic mass is 19.3. The maximum Gasteiger partial charge on any atom is 0.410 e. The van der Waals surface area contributed by atoms with Crippen LogP contribution in [0.1, 0.15) is 35.4 Å². The van der Waals surface area contributed by atoms with Crippen molar-refractivity contribution in [2.45, 2.75) is 45.0 Å². The number of hydrogen-bond donors (Lipinski definition) is 1. The number of amides is 1. The number of nitrogens with two attached hydrogens (primary N) is 1. The lowest BCUT2D eigenvalue weighted by Gasteiger charge is -2.33. The van der Waals surface area contributed by atoms with Crippen LogP contribution in [0.15, 0.2) is 52.4 Å². The van der Waals surface area contributed by atoms with E-state index in [4.69, 9.17) is 20.5 Å². The van der Waals surface area contributed by atoms with Gasteiger partial charge >= 0.3 is 12.6 Å². The molecule has 2 atom stereocenters. The summed E-state index contributed by atoms with van der Waals surface area (Å²) >= 11 is 0. The van der Waals surface area contributed by atoms with Crippen LogP contribution >= 0.6 is 0 Å². The Kier molecular flexibility index (Phi) is 7.46. The highest BCUT2D eigenvalue weighted by Gasteiger charge is 2.39. The lowest BCUT2D eigenvalue weighted by Crippen LogP contribution is -2.44. The van der Waals surface area contributed by atoms with E-state index < -0.39 is 6.55 Å². The van der Waals surface area contributed by atoms with Crippen molar-refractivity contribution < 1.29 is 23.0 Å². The van der Waals surface area contributed by atoms with E-state index in [1.165, 1.54) is 4.57 Å². The first-order valence-electron chi connectivity index (χ1n) is 12.6. The van der Waals surface area contributed by atoms with Crippen molar-refractivity contribution in [1.29, 1.82) is 5.26 Å². The van der Waals surface area contributed by atoms with Crippen molar-refractivity contribution in [2.24, 2.45) is 10.7 Å². The van der Waals surface area contributed by atoms with Crippen molar-refractivity contribution in [1.82, 2.24) is 14.5 Å². The van der Waals surface area contributed by atoms with Crippen LogP contribution in [0.3, 0.4) is 0 Å². The summed E-state index contributed by atoms with van der Waals surface area (Å²) in [5.74, 6) is 0.709. The number of nitrogens with zero attached hydrogens (tertiary/aromatic N) is 5. The van der Waals surface area contributed by atoms with Crippen molar-refractivity contribution in [2.75, 3.05) is 13.2 Å². The van der Waals surface area contributed by atoms with Crippen LogP contribution in [-0.4, -0.2) is 58.6 Å². The number of halogens is 2. The fourth-order valence-corrected chi connectivity index (χ4v) is 5.02. The van der Waals surface area contributed by atoms with Gasteiger partial charge in [0.15, 0.2) is 0 Å². The van der Waals surface area contributed by atoms with Crippen molar-refractivity contribution in [3.63, 3.8) is 0 Å². The minimum absolute atomic E-state index is 0.131. The fourth-order valence-electron chi connectivity index (χ4n) is 5.02. The van der Waals surface area contributed by atoms with E-state index in [2.05, 4.69) is 16.0 Å². The van der Waals surface area contributed by atoms with Crippen LogP contribution in [0.4, 0.5) is 13.6 Å². The lowest BCUT2D eigenvalue weighted by atomic mass is 10.00. The minimum Gasteiger partial charge on any atom is -0.490 e. The Balaban J connectivity index is 1.56. The summed E-state index contributed by atoms with van der Waals surface area (Å²) in [5.41, 5.74) is 7.68. The number of rotatable bonds is 7. The quantitative estimate of drug-likeness (QED) is 0.352. The predicted octanol–water partition coefficient (Wildman–Crippen LogP) is 3.58. The first-order valence-corrected chi connectivity index (χ1v) is 12.6. The van der Waals surface area contributed by atoms with Gasteiger partial charge in [0, 0.05) is 42.9 Å². The second-order valence-corrected chi connectivity index (χ2v) is 9.59. The number of carbonyl (C=O) groups is 1. The van der Waals surface area contributed by atoms with Gasteiger partial charge in [-0.05, 0) is 36.8 Å². The number of nitriles is 1. The van der Waals surface area contributed by atoms with Gasteiger partial charge in [-0.15, -0.1) is 0 Å². The third-order valence-electron chi connectivity index (χ3n) is 7.08. The van der Waals surface area contributed by atoms with Gasteiger partial charge in [-0.3, -0.25) is 9.36 Å². The topological polar surface area (TPSA) is 136 Å². The van der Waals surface area contributed by atoms with Gasteiger partial charge in [0.25, 0.3) is 5.56 Å². The number of aliphatic imine (C=N–C) groups is 1. The van der Waals surface area contributed by atoms with Gasteiger partial charge in [-0.2, -0.15) is 14.0 Å². The molecule has 3 aromatic rings. The largest absolute Gasteiger partial charge is 0.490 e. The summed E-state index contributed by atoms with van der Waals surface area (Å²) in [6, 6.07) is 12.0.